The van der Waals surface area contributed by atoms with E-state index in [0.29, 0.717) is 31.3 Å². The standard InChI is InChI=1S/C23H25N5O2/c29-23(25-18-8-10-24-11-9-18)28-14-15-30-21-7-6-20(26-22(21)28)17-4-3-5-19(16-17)27-12-1-2-13-27/h3-10,16,24H,1-2,11-15H2,(H,25,29). The summed E-state index contributed by atoms with van der Waals surface area (Å²) in [6, 6.07) is 12.1. The van der Waals surface area contributed by atoms with E-state index >= 15 is 0 Å². The van der Waals surface area contributed by atoms with E-state index in [1.54, 1.807) is 4.90 Å². The van der Waals surface area contributed by atoms with Crippen molar-refractivity contribution in [1.82, 2.24) is 15.6 Å². The van der Waals surface area contributed by atoms with Crippen molar-refractivity contribution < 1.29 is 9.53 Å². The summed E-state index contributed by atoms with van der Waals surface area (Å²) >= 11 is 0. The summed E-state index contributed by atoms with van der Waals surface area (Å²) in [7, 11) is 0. The second-order valence-electron chi connectivity index (χ2n) is 7.59. The smallest absolute Gasteiger partial charge is 0.327 e. The van der Waals surface area contributed by atoms with Gasteiger partial charge in [-0.3, -0.25) is 4.90 Å². The lowest BCUT2D eigenvalue weighted by molar-refractivity contribution is 0.242. The van der Waals surface area contributed by atoms with Crippen LogP contribution < -0.4 is 25.2 Å². The number of fused-ring (bicyclic) bond motifs is 1. The van der Waals surface area contributed by atoms with Gasteiger partial charge >= 0.3 is 6.03 Å². The lowest BCUT2D eigenvalue weighted by Crippen LogP contribution is -2.44. The van der Waals surface area contributed by atoms with Gasteiger partial charge in [-0.25, -0.2) is 9.78 Å². The molecule has 1 aromatic carbocycles. The number of hydrogen-bond acceptors (Lipinski definition) is 5. The summed E-state index contributed by atoms with van der Waals surface area (Å²) in [4.78, 5) is 21.8. The van der Waals surface area contributed by atoms with E-state index in [1.807, 2.05) is 30.5 Å². The molecule has 154 valence electrons. The highest BCUT2D eigenvalue weighted by atomic mass is 16.5. The highest BCUT2D eigenvalue weighted by Crippen LogP contribution is 2.34. The Bertz CT molecular complexity index is 1010. The molecular weight excluding hydrogens is 378 g/mol. The van der Waals surface area contributed by atoms with Crippen molar-refractivity contribution in [1.29, 1.82) is 0 Å². The zero-order valence-corrected chi connectivity index (χ0v) is 16.8. The first-order chi connectivity index (χ1) is 14.8. The molecular formula is C23H25N5O2. The molecule has 0 aliphatic carbocycles. The Morgan fingerprint density at radius 1 is 1.13 bits per heavy atom. The monoisotopic (exact) mass is 403 g/mol. The van der Waals surface area contributed by atoms with Crippen LogP contribution in [0.15, 0.2) is 60.4 Å². The van der Waals surface area contributed by atoms with Crippen molar-refractivity contribution in [2.45, 2.75) is 12.8 Å². The predicted octanol–water partition coefficient (Wildman–Crippen LogP) is 3.26. The number of urea groups is 1. The summed E-state index contributed by atoms with van der Waals surface area (Å²) < 4.78 is 5.76. The molecule has 5 rings (SSSR count). The number of aromatic nitrogens is 1. The number of ether oxygens (including phenoxy) is 1. The van der Waals surface area contributed by atoms with Gasteiger partial charge in [0.05, 0.1) is 12.2 Å². The first-order valence-electron chi connectivity index (χ1n) is 10.5. The second-order valence-corrected chi connectivity index (χ2v) is 7.59. The van der Waals surface area contributed by atoms with Gasteiger partial charge in [0.25, 0.3) is 0 Å². The Balaban J connectivity index is 1.42. The third-order valence-corrected chi connectivity index (χ3v) is 5.60. The van der Waals surface area contributed by atoms with Gasteiger partial charge in [-0.15, -0.1) is 0 Å². The maximum atomic E-state index is 12.9. The van der Waals surface area contributed by atoms with Gasteiger partial charge in [0.15, 0.2) is 11.6 Å². The van der Waals surface area contributed by atoms with Gasteiger partial charge in [-0.1, -0.05) is 12.1 Å². The summed E-state index contributed by atoms with van der Waals surface area (Å²) in [5, 5.41) is 6.03. The van der Waals surface area contributed by atoms with Gasteiger partial charge in [0.1, 0.15) is 6.61 Å². The maximum absolute atomic E-state index is 12.9. The predicted molar refractivity (Wildman–Crippen MR) is 118 cm³/mol. The summed E-state index contributed by atoms with van der Waals surface area (Å²) in [6.45, 7) is 3.80. The topological polar surface area (TPSA) is 69.7 Å². The lowest BCUT2D eigenvalue weighted by Gasteiger charge is -2.29. The third kappa shape index (κ3) is 3.70. The molecule has 7 nitrogen and oxygen atoms in total. The van der Waals surface area contributed by atoms with E-state index < -0.39 is 0 Å². The molecule has 0 bridgehead atoms. The quantitative estimate of drug-likeness (QED) is 0.823. The number of rotatable bonds is 3. The van der Waals surface area contributed by atoms with Crippen LogP contribution >= 0.6 is 0 Å². The largest absolute Gasteiger partial charge is 0.488 e. The van der Waals surface area contributed by atoms with E-state index in [2.05, 4.69) is 39.8 Å². The number of pyridine rings is 1. The fourth-order valence-corrected chi connectivity index (χ4v) is 4.03. The number of carbonyl (C=O) groups is 1. The SMILES string of the molecule is O=C(NC1=CCNC=C1)N1CCOc2ccc(-c3cccc(N4CCCC4)c3)nc21. The number of benzene rings is 1. The zero-order chi connectivity index (χ0) is 20.3. The minimum Gasteiger partial charge on any atom is -0.488 e. The molecule has 2 aromatic rings. The molecule has 0 radical (unpaired) electrons. The Morgan fingerprint density at radius 2 is 2.03 bits per heavy atom. The van der Waals surface area contributed by atoms with Crippen LogP contribution in [-0.4, -0.2) is 43.8 Å². The molecule has 0 spiro atoms. The van der Waals surface area contributed by atoms with Crippen molar-refractivity contribution in [2.24, 2.45) is 0 Å². The van der Waals surface area contributed by atoms with Crippen molar-refractivity contribution in [3.8, 4) is 17.0 Å². The van der Waals surface area contributed by atoms with Crippen LogP contribution in [0.3, 0.4) is 0 Å². The molecule has 0 saturated carbocycles. The van der Waals surface area contributed by atoms with Gasteiger partial charge < -0.3 is 20.3 Å². The number of allylic oxidation sites excluding steroid dienone is 1. The molecule has 1 saturated heterocycles. The molecule has 2 amide bonds. The fraction of sp³-hybridized carbons (Fsp3) is 0.304. The van der Waals surface area contributed by atoms with Crippen LogP contribution in [-0.2, 0) is 0 Å². The van der Waals surface area contributed by atoms with Crippen molar-refractivity contribution in [2.75, 3.05) is 42.6 Å². The van der Waals surface area contributed by atoms with Crippen molar-refractivity contribution in [3.63, 3.8) is 0 Å². The molecule has 3 aliphatic rings. The number of amides is 2. The molecule has 4 heterocycles. The molecule has 1 aromatic heterocycles. The summed E-state index contributed by atoms with van der Waals surface area (Å²) in [5.74, 6) is 1.19. The number of carbonyl (C=O) groups excluding carboxylic acids is 1. The van der Waals surface area contributed by atoms with Crippen molar-refractivity contribution >= 4 is 17.5 Å². The second kappa shape index (κ2) is 8.10. The van der Waals surface area contributed by atoms with Gasteiger partial charge in [-0.2, -0.15) is 0 Å². The first kappa shape index (κ1) is 18.5. The highest BCUT2D eigenvalue weighted by Gasteiger charge is 2.26. The number of nitrogens with one attached hydrogen (secondary N) is 2. The van der Waals surface area contributed by atoms with E-state index in [9.17, 15) is 4.79 Å². The van der Waals surface area contributed by atoms with E-state index in [1.165, 1.54) is 18.5 Å². The first-order valence-corrected chi connectivity index (χ1v) is 10.5. The molecule has 3 aliphatic heterocycles. The normalized spacial score (nSPS) is 17.7. The van der Waals surface area contributed by atoms with E-state index in [0.717, 1.165) is 30.0 Å². The van der Waals surface area contributed by atoms with Crippen LogP contribution in [0.1, 0.15) is 12.8 Å². The Morgan fingerprint density at radius 3 is 2.87 bits per heavy atom. The van der Waals surface area contributed by atoms with E-state index in [4.69, 9.17) is 9.72 Å². The molecule has 0 unspecified atom stereocenters. The van der Waals surface area contributed by atoms with Crippen LogP contribution in [0.25, 0.3) is 11.3 Å². The Hall–Kier alpha value is -3.48. The van der Waals surface area contributed by atoms with Gasteiger partial charge in [-0.05, 0) is 55.5 Å². The molecule has 0 atom stereocenters. The van der Waals surface area contributed by atoms with Crippen LogP contribution in [0.4, 0.5) is 16.3 Å². The minimum absolute atomic E-state index is 0.201. The minimum atomic E-state index is -0.201. The van der Waals surface area contributed by atoms with E-state index in [-0.39, 0.29) is 6.03 Å². The number of nitrogens with zero attached hydrogens (tertiary/aromatic N) is 3. The number of dihydropyridines is 1. The number of anilines is 2. The average molecular weight is 403 g/mol. The maximum Gasteiger partial charge on any atom is 0.327 e. The number of hydrogen-bond donors (Lipinski definition) is 2. The molecule has 2 N–H and O–H groups in total. The zero-order valence-electron chi connectivity index (χ0n) is 16.8. The third-order valence-electron chi connectivity index (χ3n) is 5.60. The molecule has 30 heavy (non-hydrogen) atoms. The van der Waals surface area contributed by atoms with Crippen LogP contribution in [0.5, 0.6) is 5.75 Å². The fourth-order valence-electron chi connectivity index (χ4n) is 4.03. The Labute approximate surface area is 176 Å². The van der Waals surface area contributed by atoms with Gasteiger partial charge in [0, 0.05) is 36.6 Å². The Kier molecular flexibility index (Phi) is 5.01. The summed E-state index contributed by atoms with van der Waals surface area (Å²) in [6.07, 6.45) is 8.09. The van der Waals surface area contributed by atoms with Crippen LogP contribution in [0, 0.1) is 0 Å². The van der Waals surface area contributed by atoms with Gasteiger partial charge in [0.2, 0.25) is 0 Å². The van der Waals surface area contributed by atoms with Crippen molar-refractivity contribution in [3.05, 3.63) is 60.4 Å². The highest BCUT2D eigenvalue weighted by molar-refractivity contribution is 5.94. The summed E-state index contributed by atoms with van der Waals surface area (Å²) in [5.41, 5.74) is 3.87. The van der Waals surface area contributed by atoms with Crippen LogP contribution in [0.2, 0.25) is 0 Å². The lowest BCUT2D eigenvalue weighted by atomic mass is 10.1. The molecule has 7 heteroatoms. The molecule has 1 fully saturated rings. The average Bonchev–Trinajstić information content (AvgIpc) is 3.34.